The van der Waals surface area contributed by atoms with Crippen molar-refractivity contribution in [2.45, 2.75) is 50.8 Å². The summed E-state index contributed by atoms with van der Waals surface area (Å²) in [5, 5.41) is 11.7. The summed E-state index contributed by atoms with van der Waals surface area (Å²) >= 11 is 0. The fourth-order valence-electron chi connectivity index (χ4n) is 4.87. The minimum absolute atomic E-state index is 0.0842. The van der Waals surface area contributed by atoms with Crippen molar-refractivity contribution in [1.29, 1.82) is 0 Å². The molecule has 0 spiro atoms. The molecule has 0 bridgehead atoms. The van der Waals surface area contributed by atoms with E-state index in [1.54, 1.807) is 0 Å². The molecular weight excluding hydrogens is 328 g/mol. The molecule has 6 nitrogen and oxygen atoms in total. The molecule has 4 atom stereocenters. The highest BCUT2D eigenvalue weighted by Crippen LogP contribution is 2.45. The van der Waals surface area contributed by atoms with Gasteiger partial charge >= 0.3 is 0 Å². The minimum Gasteiger partial charge on any atom is -0.377 e. The molecule has 6 heteroatoms. The van der Waals surface area contributed by atoms with Crippen LogP contribution < -0.4 is 5.32 Å². The Labute approximate surface area is 153 Å². The van der Waals surface area contributed by atoms with Crippen molar-refractivity contribution in [3.8, 4) is 0 Å². The molecule has 26 heavy (non-hydrogen) atoms. The summed E-state index contributed by atoms with van der Waals surface area (Å²) in [5.41, 5.74) is 1.30. The SMILES string of the molecule is O=C(N[C@@H]1[C@H]2CCO[C@H]2[C@H]1Cc1ccccc1)c1nnc2n1CCCC2. The normalized spacial score (nSPS) is 29.5. The number of nitrogens with one attached hydrogen (secondary N) is 1. The summed E-state index contributed by atoms with van der Waals surface area (Å²) in [7, 11) is 0. The predicted octanol–water partition coefficient (Wildman–Crippen LogP) is 1.99. The van der Waals surface area contributed by atoms with E-state index in [0.29, 0.717) is 17.7 Å². The quantitative estimate of drug-likeness (QED) is 0.914. The lowest BCUT2D eigenvalue weighted by molar-refractivity contribution is -0.0529. The van der Waals surface area contributed by atoms with Crippen LogP contribution in [0.15, 0.2) is 30.3 Å². The Balaban J connectivity index is 1.33. The maximum atomic E-state index is 12.9. The first kappa shape index (κ1) is 16.0. The van der Waals surface area contributed by atoms with E-state index in [0.717, 1.165) is 51.1 Å². The number of carbonyl (C=O) groups excluding carboxylic acids is 1. The summed E-state index contributed by atoms with van der Waals surface area (Å²) in [6, 6.07) is 10.6. The molecular formula is C20H24N4O2. The fourth-order valence-corrected chi connectivity index (χ4v) is 4.87. The Morgan fingerprint density at radius 1 is 1.23 bits per heavy atom. The monoisotopic (exact) mass is 352 g/mol. The largest absolute Gasteiger partial charge is 0.377 e. The van der Waals surface area contributed by atoms with Gasteiger partial charge in [0.2, 0.25) is 5.82 Å². The fraction of sp³-hybridized carbons (Fsp3) is 0.550. The van der Waals surface area contributed by atoms with Crippen LogP contribution in [0, 0.1) is 11.8 Å². The summed E-state index contributed by atoms with van der Waals surface area (Å²) < 4.78 is 7.94. The molecule has 5 rings (SSSR count). The van der Waals surface area contributed by atoms with Gasteiger partial charge in [0.1, 0.15) is 5.82 Å². The molecule has 1 aromatic heterocycles. The molecule has 2 aromatic rings. The van der Waals surface area contributed by atoms with Crippen molar-refractivity contribution in [1.82, 2.24) is 20.1 Å². The predicted molar refractivity (Wildman–Crippen MR) is 95.7 cm³/mol. The van der Waals surface area contributed by atoms with E-state index in [1.807, 2.05) is 10.6 Å². The number of aromatic nitrogens is 3. The molecule has 1 saturated heterocycles. The Bertz CT molecular complexity index is 803. The van der Waals surface area contributed by atoms with Crippen LogP contribution in [0.4, 0.5) is 0 Å². The molecule has 136 valence electrons. The van der Waals surface area contributed by atoms with Gasteiger partial charge in [0.15, 0.2) is 0 Å². The van der Waals surface area contributed by atoms with Gasteiger partial charge in [-0.1, -0.05) is 30.3 Å². The highest BCUT2D eigenvalue weighted by molar-refractivity contribution is 5.91. The summed E-state index contributed by atoms with van der Waals surface area (Å²) in [5.74, 6) is 2.09. The van der Waals surface area contributed by atoms with Gasteiger partial charge in [-0.3, -0.25) is 4.79 Å². The average Bonchev–Trinajstić information content (AvgIpc) is 3.30. The molecule has 0 radical (unpaired) electrons. The number of hydrogen-bond donors (Lipinski definition) is 1. The lowest BCUT2D eigenvalue weighted by Crippen LogP contribution is -2.62. The van der Waals surface area contributed by atoms with Gasteiger partial charge < -0.3 is 14.6 Å². The first-order valence-corrected chi connectivity index (χ1v) is 9.70. The maximum absolute atomic E-state index is 12.9. The number of rotatable bonds is 4. The second-order valence-corrected chi connectivity index (χ2v) is 7.69. The summed E-state index contributed by atoms with van der Waals surface area (Å²) in [6.45, 7) is 1.64. The molecule has 1 amide bonds. The van der Waals surface area contributed by atoms with Crippen LogP contribution in [-0.2, 0) is 24.1 Å². The van der Waals surface area contributed by atoms with Crippen molar-refractivity contribution in [3.05, 3.63) is 47.5 Å². The van der Waals surface area contributed by atoms with Crippen molar-refractivity contribution >= 4 is 5.91 Å². The Morgan fingerprint density at radius 2 is 2.12 bits per heavy atom. The summed E-state index contributed by atoms with van der Waals surface area (Å²) in [6.07, 6.45) is 5.36. The van der Waals surface area contributed by atoms with Gasteiger partial charge in [0, 0.05) is 37.5 Å². The molecule has 1 aliphatic carbocycles. The van der Waals surface area contributed by atoms with Gasteiger partial charge in [-0.25, -0.2) is 0 Å². The first-order chi connectivity index (χ1) is 12.8. The van der Waals surface area contributed by atoms with Crippen LogP contribution in [0.1, 0.15) is 41.3 Å². The van der Waals surface area contributed by atoms with Gasteiger partial charge in [-0.05, 0) is 31.2 Å². The van der Waals surface area contributed by atoms with Crippen molar-refractivity contribution in [2.75, 3.05) is 6.61 Å². The van der Waals surface area contributed by atoms with E-state index in [-0.39, 0.29) is 18.1 Å². The number of aryl methyl sites for hydroxylation is 1. The lowest BCUT2D eigenvalue weighted by Gasteiger charge is -2.48. The molecule has 1 aromatic carbocycles. The van der Waals surface area contributed by atoms with Crippen LogP contribution in [0.3, 0.4) is 0 Å². The molecule has 1 saturated carbocycles. The van der Waals surface area contributed by atoms with E-state index < -0.39 is 0 Å². The molecule has 0 unspecified atom stereocenters. The topological polar surface area (TPSA) is 69.0 Å². The number of fused-ring (bicyclic) bond motifs is 2. The smallest absolute Gasteiger partial charge is 0.289 e. The molecule has 2 aliphatic heterocycles. The van der Waals surface area contributed by atoms with Crippen LogP contribution in [0.5, 0.6) is 0 Å². The highest BCUT2D eigenvalue weighted by Gasteiger charge is 2.54. The zero-order valence-electron chi connectivity index (χ0n) is 14.8. The zero-order valence-corrected chi connectivity index (χ0v) is 14.8. The van der Waals surface area contributed by atoms with E-state index >= 15 is 0 Å². The number of carbonyl (C=O) groups is 1. The Morgan fingerprint density at radius 3 is 3.00 bits per heavy atom. The third-order valence-corrected chi connectivity index (χ3v) is 6.20. The van der Waals surface area contributed by atoms with Crippen molar-refractivity contribution in [2.24, 2.45) is 11.8 Å². The number of hydrogen-bond acceptors (Lipinski definition) is 4. The van der Waals surface area contributed by atoms with Crippen LogP contribution in [0.25, 0.3) is 0 Å². The number of benzene rings is 1. The van der Waals surface area contributed by atoms with Crippen LogP contribution >= 0.6 is 0 Å². The molecule has 2 fully saturated rings. The van der Waals surface area contributed by atoms with E-state index in [1.165, 1.54) is 5.56 Å². The molecule has 3 heterocycles. The standard InChI is InChI=1S/C20H24N4O2/c25-20(19-23-22-16-8-4-5-10-24(16)19)21-17-14-9-11-26-18(14)15(17)12-13-6-2-1-3-7-13/h1-3,6-7,14-15,17-18H,4-5,8-12H2,(H,21,25)/t14-,15+,17-,18-/m1/s1. The number of nitrogens with zero attached hydrogens (tertiary/aromatic N) is 3. The highest BCUT2D eigenvalue weighted by atomic mass is 16.5. The second-order valence-electron chi connectivity index (χ2n) is 7.69. The average molecular weight is 352 g/mol. The molecule has 1 N–H and O–H groups in total. The van der Waals surface area contributed by atoms with Crippen molar-refractivity contribution in [3.63, 3.8) is 0 Å². The number of amides is 1. The third kappa shape index (κ3) is 2.63. The van der Waals surface area contributed by atoms with E-state index in [4.69, 9.17) is 4.74 Å². The second kappa shape index (κ2) is 6.50. The van der Waals surface area contributed by atoms with E-state index in [2.05, 4.69) is 39.8 Å². The van der Waals surface area contributed by atoms with E-state index in [9.17, 15) is 4.79 Å². The summed E-state index contributed by atoms with van der Waals surface area (Å²) in [4.78, 5) is 12.9. The van der Waals surface area contributed by atoms with Gasteiger partial charge in [-0.2, -0.15) is 0 Å². The maximum Gasteiger partial charge on any atom is 0.289 e. The first-order valence-electron chi connectivity index (χ1n) is 9.70. The minimum atomic E-state index is -0.0842. The van der Waals surface area contributed by atoms with Gasteiger partial charge in [0.05, 0.1) is 6.10 Å². The van der Waals surface area contributed by atoms with Crippen molar-refractivity contribution < 1.29 is 9.53 Å². The Hall–Kier alpha value is -2.21. The van der Waals surface area contributed by atoms with Gasteiger partial charge in [-0.15, -0.1) is 10.2 Å². The Kier molecular flexibility index (Phi) is 4.00. The third-order valence-electron chi connectivity index (χ3n) is 6.20. The number of ether oxygens (including phenoxy) is 1. The van der Waals surface area contributed by atoms with Crippen LogP contribution in [0.2, 0.25) is 0 Å². The lowest BCUT2D eigenvalue weighted by atomic mass is 9.64. The van der Waals surface area contributed by atoms with Crippen LogP contribution in [-0.4, -0.2) is 39.4 Å². The molecule has 3 aliphatic rings. The van der Waals surface area contributed by atoms with Gasteiger partial charge in [0.25, 0.3) is 5.91 Å². The zero-order chi connectivity index (χ0) is 17.5.